The van der Waals surface area contributed by atoms with Gasteiger partial charge in [0.25, 0.3) is 0 Å². The van der Waals surface area contributed by atoms with E-state index in [4.69, 9.17) is 4.98 Å². The van der Waals surface area contributed by atoms with Gasteiger partial charge in [-0.2, -0.15) is 0 Å². The Morgan fingerprint density at radius 3 is 2.52 bits per heavy atom. The van der Waals surface area contributed by atoms with Gasteiger partial charge < -0.3 is 5.32 Å². The van der Waals surface area contributed by atoms with Gasteiger partial charge >= 0.3 is 0 Å². The van der Waals surface area contributed by atoms with Gasteiger partial charge in [-0.1, -0.05) is 61.7 Å². The van der Waals surface area contributed by atoms with Crippen molar-refractivity contribution >= 4 is 22.8 Å². The Hall–Kier alpha value is -2.88. The summed E-state index contributed by atoms with van der Waals surface area (Å²) >= 11 is 0. The van der Waals surface area contributed by atoms with Crippen molar-refractivity contribution in [1.82, 2.24) is 9.55 Å². The van der Waals surface area contributed by atoms with Crippen LogP contribution in [-0.2, 0) is 10.3 Å². The van der Waals surface area contributed by atoms with E-state index in [1.54, 1.807) is 0 Å². The number of aromatic nitrogens is 2. The van der Waals surface area contributed by atoms with Crippen LogP contribution >= 0.6 is 0 Å². The summed E-state index contributed by atoms with van der Waals surface area (Å²) in [4.78, 5) is 18.5. The number of para-hydroxylation sites is 2. The molecule has 146 valence electrons. The molecule has 4 heteroatoms. The number of benzene rings is 2. The SMILES string of the molecule is O=C1CC(c2ccccc2)CC2=C1C1(CCCCC1)n1c(nc3ccccc31)N2. The molecule has 2 aromatic carbocycles. The number of fused-ring (bicyclic) bond motifs is 5. The molecule has 1 unspecified atom stereocenters. The van der Waals surface area contributed by atoms with E-state index in [0.717, 1.165) is 60.4 Å². The fourth-order valence-corrected chi connectivity index (χ4v) is 5.93. The monoisotopic (exact) mass is 383 g/mol. The van der Waals surface area contributed by atoms with Crippen LogP contribution in [0, 0.1) is 0 Å². The third kappa shape index (κ3) is 2.44. The topological polar surface area (TPSA) is 46.9 Å². The van der Waals surface area contributed by atoms with Gasteiger partial charge in [0.2, 0.25) is 5.95 Å². The number of carbonyl (C=O) groups is 1. The summed E-state index contributed by atoms with van der Waals surface area (Å²) < 4.78 is 2.36. The van der Waals surface area contributed by atoms with Crippen LogP contribution in [-0.4, -0.2) is 15.3 Å². The highest BCUT2D eigenvalue weighted by molar-refractivity contribution is 6.01. The summed E-state index contributed by atoms with van der Waals surface area (Å²) in [6.45, 7) is 0. The molecule has 0 saturated heterocycles. The molecule has 1 spiro atoms. The number of anilines is 1. The first kappa shape index (κ1) is 17.0. The molecule has 1 atom stereocenters. The first-order valence-corrected chi connectivity index (χ1v) is 10.8. The average Bonchev–Trinajstić information content (AvgIpc) is 3.13. The molecule has 29 heavy (non-hydrogen) atoms. The van der Waals surface area contributed by atoms with Crippen LogP contribution in [0.1, 0.15) is 56.4 Å². The van der Waals surface area contributed by atoms with Crippen molar-refractivity contribution < 1.29 is 4.79 Å². The minimum absolute atomic E-state index is 0.233. The quantitative estimate of drug-likeness (QED) is 0.602. The Bertz CT molecular complexity index is 1140. The van der Waals surface area contributed by atoms with E-state index in [9.17, 15) is 4.79 Å². The minimum atomic E-state index is -0.233. The van der Waals surface area contributed by atoms with Crippen molar-refractivity contribution in [2.45, 2.75) is 56.4 Å². The van der Waals surface area contributed by atoms with Crippen LogP contribution < -0.4 is 5.32 Å². The van der Waals surface area contributed by atoms with Gasteiger partial charge in [0.15, 0.2) is 5.78 Å². The lowest BCUT2D eigenvalue weighted by atomic mass is 9.68. The third-order valence-electron chi connectivity index (χ3n) is 7.13. The van der Waals surface area contributed by atoms with E-state index >= 15 is 0 Å². The predicted octanol–water partition coefficient (Wildman–Crippen LogP) is 5.52. The third-order valence-corrected chi connectivity index (χ3v) is 7.13. The smallest absolute Gasteiger partial charge is 0.208 e. The van der Waals surface area contributed by atoms with Crippen molar-refractivity contribution in [2.24, 2.45) is 0 Å². The number of rotatable bonds is 1. The van der Waals surface area contributed by atoms with Crippen molar-refractivity contribution in [3.05, 3.63) is 71.4 Å². The average molecular weight is 383 g/mol. The molecule has 6 rings (SSSR count). The lowest BCUT2D eigenvalue weighted by Crippen LogP contribution is -2.47. The number of allylic oxidation sites excluding steroid dienone is 2. The van der Waals surface area contributed by atoms with Crippen LogP contribution in [0.2, 0.25) is 0 Å². The van der Waals surface area contributed by atoms with Gasteiger partial charge in [0.1, 0.15) is 0 Å². The maximum Gasteiger partial charge on any atom is 0.208 e. The van der Waals surface area contributed by atoms with Crippen LogP contribution in [0.3, 0.4) is 0 Å². The largest absolute Gasteiger partial charge is 0.329 e. The molecule has 1 N–H and O–H groups in total. The number of ketones is 1. The summed E-state index contributed by atoms with van der Waals surface area (Å²) in [5, 5.41) is 3.60. The highest BCUT2D eigenvalue weighted by Gasteiger charge is 2.49. The van der Waals surface area contributed by atoms with E-state index < -0.39 is 0 Å². The first-order chi connectivity index (χ1) is 14.3. The summed E-state index contributed by atoms with van der Waals surface area (Å²) in [6, 6.07) is 18.8. The Balaban J connectivity index is 1.53. The highest BCUT2D eigenvalue weighted by Crippen LogP contribution is 2.52. The number of Topliss-reactive ketones (excluding diaryl/α,β-unsaturated/α-hetero) is 1. The van der Waals surface area contributed by atoms with E-state index in [0.29, 0.717) is 12.2 Å². The number of nitrogens with zero attached hydrogens (tertiary/aromatic N) is 2. The Kier molecular flexibility index (Phi) is 3.70. The van der Waals surface area contributed by atoms with E-state index in [1.165, 1.54) is 12.0 Å². The van der Waals surface area contributed by atoms with E-state index in [1.807, 2.05) is 12.1 Å². The molecule has 0 radical (unpaired) electrons. The second-order valence-electron chi connectivity index (χ2n) is 8.77. The molecule has 2 heterocycles. The van der Waals surface area contributed by atoms with Gasteiger partial charge in [-0.15, -0.1) is 0 Å². The van der Waals surface area contributed by atoms with Crippen LogP contribution in [0.5, 0.6) is 0 Å². The molecule has 4 nitrogen and oxygen atoms in total. The Labute approximate surface area is 170 Å². The number of carbonyl (C=O) groups excluding carboxylic acids is 1. The number of hydrogen-bond acceptors (Lipinski definition) is 3. The maximum atomic E-state index is 13.6. The lowest BCUT2D eigenvalue weighted by Gasteiger charge is -2.47. The summed E-state index contributed by atoms with van der Waals surface area (Å²) in [7, 11) is 0. The fraction of sp³-hybridized carbons (Fsp3) is 0.360. The van der Waals surface area contributed by atoms with Crippen LogP contribution in [0.25, 0.3) is 11.0 Å². The Morgan fingerprint density at radius 2 is 1.69 bits per heavy atom. The lowest BCUT2D eigenvalue weighted by molar-refractivity contribution is -0.117. The van der Waals surface area contributed by atoms with Crippen LogP contribution in [0.15, 0.2) is 65.9 Å². The molecule has 1 saturated carbocycles. The fourth-order valence-electron chi connectivity index (χ4n) is 5.93. The zero-order chi connectivity index (χ0) is 19.4. The maximum absolute atomic E-state index is 13.6. The van der Waals surface area contributed by atoms with Gasteiger partial charge in [-0.3, -0.25) is 9.36 Å². The van der Waals surface area contributed by atoms with Gasteiger partial charge in [0.05, 0.1) is 16.6 Å². The minimum Gasteiger partial charge on any atom is -0.329 e. The zero-order valence-corrected chi connectivity index (χ0v) is 16.5. The highest BCUT2D eigenvalue weighted by atomic mass is 16.1. The van der Waals surface area contributed by atoms with Crippen molar-refractivity contribution in [3.63, 3.8) is 0 Å². The molecule has 2 aliphatic carbocycles. The van der Waals surface area contributed by atoms with Crippen molar-refractivity contribution in [3.8, 4) is 0 Å². The molecular weight excluding hydrogens is 358 g/mol. The zero-order valence-electron chi connectivity index (χ0n) is 16.5. The predicted molar refractivity (Wildman–Crippen MR) is 115 cm³/mol. The number of nitrogens with one attached hydrogen (secondary N) is 1. The normalized spacial score (nSPS) is 23.0. The molecular formula is C25H25N3O. The standard InChI is InChI=1S/C25H25N3O/c29-22-16-18(17-9-3-1-4-10-17)15-20-23(22)25(13-7-2-8-14-25)28-21-12-6-5-11-19(21)26-24(28)27-20/h1,3-6,9-12,18H,2,7-8,13-16H2,(H,26,27). The molecule has 0 bridgehead atoms. The van der Waals surface area contributed by atoms with E-state index in [-0.39, 0.29) is 11.5 Å². The molecule has 1 aliphatic heterocycles. The number of hydrogen-bond donors (Lipinski definition) is 1. The van der Waals surface area contributed by atoms with Crippen molar-refractivity contribution in [1.29, 1.82) is 0 Å². The van der Waals surface area contributed by atoms with Gasteiger partial charge in [-0.05, 0) is 42.9 Å². The van der Waals surface area contributed by atoms with Gasteiger partial charge in [0, 0.05) is 17.7 Å². The summed E-state index contributed by atoms with van der Waals surface area (Å²) in [5.74, 6) is 1.47. The number of imidazole rings is 1. The molecule has 0 amide bonds. The Morgan fingerprint density at radius 1 is 0.931 bits per heavy atom. The molecule has 1 fully saturated rings. The molecule has 3 aromatic rings. The van der Waals surface area contributed by atoms with E-state index in [2.05, 4.69) is 52.3 Å². The van der Waals surface area contributed by atoms with Crippen LogP contribution in [0.4, 0.5) is 5.95 Å². The molecule has 3 aliphatic rings. The van der Waals surface area contributed by atoms with Crippen molar-refractivity contribution in [2.75, 3.05) is 5.32 Å². The molecule has 1 aromatic heterocycles. The summed E-state index contributed by atoms with van der Waals surface area (Å²) in [6.07, 6.45) is 7.13. The van der Waals surface area contributed by atoms with Gasteiger partial charge in [-0.25, -0.2) is 4.98 Å². The summed E-state index contributed by atoms with van der Waals surface area (Å²) in [5.41, 5.74) is 5.32. The first-order valence-electron chi connectivity index (χ1n) is 10.8. The second kappa shape index (κ2) is 6.31. The second-order valence-corrected chi connectivity index (χ2v) is 8.77.